The van der Waals surface area contributed by atoms with Crippen molar-refractivity contribution in [3.05, 3.63) is 59.2 Å². The fourth-order valence-electron chi connectivity index (χ4n) is 2.27. The second-order valence-electron chi connectivity index (χ2n) is 5.14. The maximum Gasteiger partial charge on any atom is 0.123 e. The molecule has 2 aromatic carbocycles. The Morgan fingerprint density at radius 3 is 2.48 bits per heavy atom. The number of methoxy groups -OCH3 is 1. The summed E-state index contributed by atoms with van der Waals surface area (Å²) in [6.07, 6.45) is 0. The Labute approximate surface area is 126 Å². The first-order chi connectivity index (χ1) is 10.2. The van der Waals surface area contributed by atoms with E-state index in [1.165, 1.54) is 11.1 Å². The van der Waals surface area contributed by atoms with E-state index in [4.69, 9.17) is 9.47 Å². The number of aryl methyl sites for hydroxylation is 2. The Hall–Kier alpha value is -2.00. The zero-order valence-electron chi connectivity index (χ0n) is 13.1. The lowest BCUT2D eigenvalue weighted by atomic mass is 10.1. The molecule has 1 atom stereocenters. The van der Waals surface area contributed by atoms with Gasteiger partial charge >= 0.3 is 0 Å². The van der Waals surface area contributed by atoms with Gasteiger partial charge in [-0.05, 0) is 50.2 Å². The summed E-state index contributed by atoms with van der Waals surface area (Å²) in [4.78, 5) is 0. The summed E-state index contributed by atoms with van der Waals surface area (Å²) in [6.45, 7) is 4.75. The lowest BCUT2D eigenvalue weighted by Gasteiger charge is -2.20. The number of para-hydroxylation sites is 1. The summed E-state index contributed by atoms with van der Waals surface area (Å²) in [7, 11) is 3.62. The van der Waals surface area contributed by atoms with Gasteiger partial charge in [0.1, 0.15) is 18.1 Å². The van der Waals surface area contributed by atoms with Gasteiger partial charge in [-0.15, -0.1) is 0 Å². The zero-order valence-corrected chi connectivity index (χ0v) is 13.1. The van der Waals surface area contributed by atoms with Crippen LogP contribution >= 0.6 is 0 Å². The van der Waals surface area contributed by atoms with Gasteiger partial charge in [0.15, 0.2) is 0 Å². The second-order valence-corrected chi connectivity index (χ2v) is 5.14. The van der Waals surface area contributed by atoms with Crippen molar-refractivity contribution in [1.29, 1.82) is 0 Å². The molecule has 1 unspecified atom stereocenters. The number of nitrogens with one attached hydrogen (secondary N) is 1. The first-order valence-corrected chi connectivity index (χ1v) is 7.16. The van der Waals surface area contributed by atoms with Gasteiger partial charge in [0.05, 0.1) is 13.2 Å². The summed E-state index contributed by atoms with van der Waals surface area (Å²) in [6, 6.07) is 14.3. The van der Waals surface area contributed by atoms with Crippen LogP contribution in [0.4, 0.5) is 0 Å². The number of likely N-dealkylation sites (N-methyl/N-ethyl adjacent to an activating group) is 1. The van der Waals surface area contributed by atoms with Gasteiger partial charge in [0.2, 0.25) is 0 Å². The molecule has 21 heavy (non-hydrogen) atoms. The Morgan fingerprint density at radius 2 is 1.81 bits per heavy atom. The van der Waals surface area contributed by atoms with E-state index in [0.717, 1.165) is 17.1 Å². The van der Waals surface area contributed by atoms with E-state index >= 15 is 0 Å². The number of benzene rings is 2. The molecular formula is C18H23NO2. The van der Waals surface area contributed by atoms with Gasteiger partial charge in [-0.2, -0.15) is 0 Å². The predicted molar refractivity (Wildman–Crippen MR) is 86.2 cm³/mol. The minimum absolute atomic E-state index is 0.0859. The van der Waals surface area contributed by atoms with E-state index in [9.17, 15) is 0 Å². The predicted octanol–water partition coefficient (Wildman–Crippen LogP) is 3.65. The largest absolute Gasteiger partial charge is 0.496 e. The fraction of sp³-hybridized carbons (Fsp3) is 0.333. The maximum absolute atomic E-state index is 5.93. The summed E-state index contributed by atoms with van der Waals surface area (Å²) >= 11 is 0. The Balaban J connectivity index is 2.10. The molecule has 0 amide bonds. The van der Waals surface area contributed by atoms with Crippen LogP contribution in [0.3, 0.4) is 0 Å². The maximum atomic E-state index is 5.93. The minimum Gasteiger partial charge on any atom is -0.496 e. The topological polar surface area (TPSA) is 30.5 Å². The van der Waals surface area contributed by atoms with E-state index in [1.807, 2.05) is 31.3 Å². The molecule has 0 spiro atoms. The molecule has 0 aromatic heterocycles. The third-order valence-electron chi connectivity index (χ3n) is 3.76. The number of hydrogen-bond acceptors (Lipinski definition) is 3. The Kier molecular flexibility index (Phi) is 5.23. The summed E-state index contributed by atoms with van der Waals surface area (Å²) in [5.74, 6) is 1.77. The van der Waals surface area contributed by atoms with Crippen molar-refractivity contribution >= 4 is 0 Å². The molecule has 0 heterocycles. The van der Waals surface area contributed by atoms with Gasteiger partial charge in [0, 0.05) is 5.56 Å². The molecule has 0 aliphatic carbocycles. The average Bonchev–Trinajstić information content (AvgIpc) is 2.51. The smallest absolute Gasteiger partial charge is 0.123 e. The molecular weight excluding hydrogens is 262 g/mol. The molecule has 0 aliphatic heterocycles. The molecule has 0 bridgehead atoms. The van der Waals surface area contributed by atoms with Crippen molar-refractivity contribution in [3.63, 3.8) is 0 Å². The van der Waals surface area contributed by atoms with Crippen LogP contribution in [0, 0.1) is 13.8 Å². The standard InChI is InChI=1S/C18H23NO2/c1-13-9-10-15(11-14(13)2)21-12-17(19-3)16-7-5-6-8-18(16)20-4/h5-11,17,19H,12H2,1-4H3. The normalized spacial score (nSPS) is 12.0. The van der Waals surface area contributed by atoms with Crippen LogP contribution in [-0.2, 0) is 0 Å². The highest BCUT2D eigenvalue weighted by Crippen LogP contribution is 2.25. The monoisotopic (exact) mass is 285 g/mol. The highest BCUT2D eigenvalue weighted by atomic mass is 16.5. The number of rotatable bonds is 6. The van der Waals surface area contributed by atoms with E-state index in [2.05, 4.69) is 37.4 Å². The lowest BCUT2D eigenvalue weighted by molar-refractivity contribution is 0.268. The van der Waals surface area contributed by atoms with Crippen LogP contribution in [0.25, 0.3) is 0 Å². The first-order valence-electron chi connectivity index (χ1n) is 7.16. The molecule has 2 aromatic rings. The number of ether oxygens (including phenoxy) is 2. The second kappa shape index (κ2) is 7.14. The van der Waals surface area contributed by atoms with Crippen LogP contribution in [0.1, 0.15) is 22.7 Å². The van der Waals surface area contributed by atoms with Crippen LogP contribution in [0.5, 0.6) is 11.5 Å². The fourth-order valence-corrected chi connectivity index (χ4v) is 2.27. The molecule has 0 fully saturated rings. The van der Waals surface area contributed by atoms with E-state index in [1.54, 1.807) is 7.11 Å². The van der Waals surface area contributed by atoms with Crippen molar-refractivity contribution in [3.8, 4) is 11.5 Å². The van der Waals surface area contributed by atoms with Gasteiger partial charge in [-0.3, -0.25) is 0 Å². The zero-order chi connectivity index (χ0) is 15.2. The van der Waals surface area contributed by atoms with Gasteiger partial charge in [0.25, 0.3) is 0 Å². The molecule has 2 rings (SSSR count). The van der Waals surface area contributed by atoms with Gasteiger partial charge in [-0.25, -0.2) is 0 Å². The van der Waals surface area contributed by atoms with E-state index in [-0.39, 0.29) is 6.04 Å². The van der Waals surface area contributed by atoms with Crippen LogP contribution in [-0.4, -0.2) is 20.8 Å². The SMILES string of the molecule is CNC(COc1ccc(C)c(C)c1)c1ccccc1OC. The quantitative estimate of drug-likeness (QED) is 0.878. The third-order valence-corrected chi connectivity index (χ3v) is 3.76. The number of hydrogen-bond donors (Lipinski definition) is 1. The van der Waals surface area contributed by atoms with Crippen molar-refractivity contribution in [1.82, 2.24) is 5.32 Å². The molecule has 0 radical (unpaired) electrons. The summed E-state index contributed by atoms with van der Waals surface area (Å²) in [5, 5.41) is 3.28. The summed E-state index contributed by atoms with van der Waals surface area (Å²) < 4.78 is 11.4. The van der Waals surface area contributed by atoms with Crippen LogP contribution in [0.15, 0.2) is 42.5 Å². The lowest BCUT2D eigenvalue weighted by Crippen LogP contribution is -2.23. The van der Waals surface area contributed by atoms with Crippen molar-refractivity contribution < 1.29 is 9.47 Å². The Bertz CT molecular complexity index is 596. The first kappa shape index (κ1) is 15.4. The minimum atomic E-state index is 0.0859. The molecule has 1 N–H and O–H groups in total. The molecule has 0 aliphatic rings. The highest BCUT2D eigenvalue weighted by molar-refractivity contribution is 5.37. The van der Waals surface area contributed by atoms with Crippen molar-refractivity contribution in [2.75, 3.05) is 20.8 Å². The molecule has 112 valence electrons. The molecule has 3 nitrogen and oxygen atoms in total. The average molecular weight is 285 g/mol. The third kappa shape index (κ3) is 3.76. The molecule has 3 heteroatoms. The van der Waals surface area contributed by atoms with Crippen molar-refractivity contribution in [2.45, 2.75) is 19.9 Å². The van der Waals surface area contributed by atoms with Crippen LogP contribution < -0.4 is 14.8 Å². The van der Waals surface area contributed by atoms with Crippen LogP contribution in [0.2, 0.25) is 0 Å². The van der Waals surface area contributed by atoms with E-state index < -0.39 is 0 Å². The Morgan fingerprint density at radius 1 is 1.05 bits per heavy atom. The highest BCUT2D eigenvalue weighted by Gasteiger charge is 2.14. The van der Waals surface area contributed by atoms with Crippen molar-refractivity contribution in [2.24, 2.45) is 0 Å². The molecule has 0 saturated heterocycles. The van der Waals surface area contributed by atoms with Gasteiger partial charge in [-0.1, -0.05) is 24.3 Å². The van der Waals surface area contributed by atoms with Gasteiger partial charge < -0.3 is 14.8 Å². The van der Waals surface area contributed by atoms with E-state index in [0.29, 0.717) is 6.61 Å². The molecule has 0 saturated carbocycles. The summed E-state index contributed by atoms with van der Waals surface area (Å²) in [5.41, 5.74) is 3.62.